The highest BCUT2D eigenvalue weighted by Gasteiger charge is 2.23. The molecule has 0 aliphatic heterocycles. The van der Waals surface area contributed by atoms with Crippen LogP contribution in [0.4, 0.5) is 0 Å². The molecule has 0 saturated carbocycles. The Balaban J connectivity index is 2.38. The number of hydrogen-bond donors (Lipinski definition) is 2. The van der Waals surface area contributed by atoms with E-state index in [1.807, 2.05) is 32.3 Å². The van der Waals surface area contributed by atoms with Crippen molar-refractivity contribution in [3.8, 4) is 17.3 Å². The molecule has 0 unspecified atom stereocenters. The molecule has 0 saturated heterocycles. The maximum Gasteiger partial charge on any atom is 0.126 e. The molecule has 2 aromatic heterocycles. The van der Waals surface area contributed by atoms with Gasteiger partial charge in [0.05, 0.1) is 18.0 Å². The second-order valence-corrected chi connectivity index (χ2v) is 3.98. The van der Waals surface area contributed by atoms with E-state index in [1.165, 1.54) is 0 Å². The lowest BCUT2D eigenvalue weighted by Crippen LogP contribution is -2.15. The predicted octanol–water partition coefficient (Wildman–Crippen LogP) is 2.21. The van der Waals surface area contributed by atoms with Crippen molar-refractivity contribution in [3.05, 3.63) is 30.5 Å². The summed E-state index contributed by atoms with van der Waals surface area (Å²) < 4.78 is 0. The van der Waals surface area contributed by atoms with Gasteiger partial charge in [-0.25, -0.2) is 4.98 Å². The maximum atomic E-state index is 8.97. The Morgan fingerprint density at radius 2 is 2.27 bits per heavy atom. The van der Waals surface area contributed by atoms with E-state index in [4.69, 9.17) is 5.26 Å². The van der Waals surface area contributed by atoms with Gasteiger partial charge in [0.1, 0.15) is 11.2 Å². The van der Waals surface area contributed by atoms with E-state index < -0.39 is 5.41 Å². The number of imidazole rings is 1. The number of nitrogens with zero attached hydrogens (tertiary/aromatic N) is 2. The van der Waals surface area contributed by atoms with Crippen LogP contribution in [0.3, 0.4) is 0 Å². The Morgan fingerprint density at radius 1 is 1.47 bits per heavy atom. The van der Waals surface area contributed by atoms with E-state index in [9.17, 15) is 0 Å². The molecule has 0 radical (unpaired) electrons. The SMILES string of the molecule is CC(C)(C#N)c1ncc(-c2cc[nH]c2)[nH]1. The molecule has 0 aliphatic carbocycles. The normalized spacial score (nSPS) is 11.3. The fraction of sp³-hybridized carbons (Fsp3) is 0.273. The number of hydrogen-bond acceptors (Lipinski definition) is 2. The third-order valence-corrected chi connectivity index (χ3v) is 2.36. The molecule has 0 aliphatic rings. The van der Waals surface area contributed by atoms with Crippen molar-refractivity contribution in [3.63, 3.8) is 0 Å². The molecule has 2 heterocycles. The van der Waals surface area contributed by atoms with Crippen LogP contribution in [0.5, 0.6) is 0 Å². The summed E-state index contributed by atoms with van der Waals surface area (Å²) in [5.74, 6) is 0.696. The lowest BCUT2D eigenvalue weighted by atomic mass is 9.95. The standard InChI is InChI=1S/C11H12N4/c1-11(2,7-12)10-14-6-9(15-10)8-3-4-13-5-8/h3-6,13H,1-2H3,(H,14,15). The van der Waals surface area contributed by atoms with Gasteiger partial charge in [0.2, 0.25) is 0 Å². The highest BCUT2D eigenvalue weighted by molar-refractivity contribution is 5.57. The van der Waals surface area contributed by atoms with Gasteiger partial charge < -0.3 is 9.97 Å². The van der Waals surface area contributed by atoms with E-state index in [0.717, 1.165) is 11.3 Å². The van der Waals surface area contributed by atoms with Crippen LogP contribution in [0.25, 0.3) is 11.3 Å². The molecule has 0 amide bonds. The molecule has 0 aromatic carbocycles. The zero-order valence-corrected chi connectivity index (χ0v) is 8.70. The molecule has 4 nitrogen and oxygen atoms in total. The summed E-state index contributed by atoms with van der Waals surface area (Å²) in [5, 5.41) is 8.97. The average molecular weight is 200 g/mol. The van der Waals surface area contributed by atoms with Crippen molar-refractivity contribution in [1.29, 1.82) is 5.26 Å². The smallest absolute Gasteiger partial charge is 0.126 e. The molecular weight excluding hydrogens is 188 g/mol. The molecule has 0 bridgehead atoms. The Kier molecular flexibility index (Phi) is 2.09. The number of nitriles is 1. The van der Waals surface area contributed by atoms with Crippen LogP contribution in [0, 0.1) is 11.3 Å². The van der Waals surface area contributed by atoms with Crippen molar-refractivity contribution in [2.75, 3.05) is 0 Å². The molecule has 2 rings (SSSR count). The predicted molar refractivity (Wildman–Crippen MR) is 57.0 cm³/mol. The molecule has 15 heavy (non-hydrogen) atoms. The van der Waals surface area contributed by atoms with Gasteiger partial charge in [0, 0.05) is 18.0 Å². The number of rotatable bonds is 2. The minimum Gasteiger partial charge on any atom is -0.367 e. The summed E-state index contributed by atoms with van der Waals surface area (Å²) in [6.07, 6.45) is 5.49. The lowest BCUT2D eigenvalue weighted by Gasteiger charge is -2.10. The summed E-state index contributed by atoms with van der Waals surface area (Å²) in [4.78, 5) is 10.4. The third-order valence-electron chi connectivity index (χ3n) is 2.36. The van der Waals surface area contributed by atoms with Gasteiger partial charge in [-0.1, -0.05) is 0 Å². The highest BCUT2D eigenvalue weighted by Crippen LogP contribution is 2.22. The first-order chi connectivity index (χ1) is 7.13. The van der Waals surface area contributed by atoms with E-state index in [2.05, 4.69) is 21.0 Å². The number of nitrogens with one attached hydrogen (secondary N) is 2. The summed E-state index contributed by atoms with van der Waals surface area (Å²) in [6.45, 7) is 3.68. The number of aromatic amines is 2. The van der Waals surface area contributed by atoms with Gasteiger partial charge in [0.15, 0.2) is 0 Å². The van der Waals surface area contributed by atoms with Gasteiger partial charge in [-0.3, -0.25) is 0 Å². The summed E-state index contributed by atoms with van der Waals surface area (Å²) in [6, 6.07) is 4.17. The Hall–Kier alpha value is -2.02. The van der Waals surface area contributed by atoms with Crippen LogP contribution in [0.1, 0.15) is 19.7 Å². The van der Waals surface area contributed by atoms with E-state index in [0.29, 0.717) is 5.82 Å². The molecule has 0 spiro atoms. The van der Waals surface area contributed by atoms with Crippen molar-refractivity contribution < 1.29 is 0 Å². The van der Waals surface area contributed by atoms with Crippen LogP contribution in [-0.4, -0.2) is 15.0 Å². The topological polar surface area (TPSA) is 68.3 Å². The Bertz CT molecular complexity index is 485. The van der Waals surface area contributed by atoms with Crippen LogP contribution < -0.4 is 0 Å². The van der Waals surface area contributed by atoms with Gasteiger partial charge in [-0.15, -0.1) is 0 Å². The molecule has 0 fully saturated rings. The first-order valence-corrected chi connectivity index (χ1v) is 4.73. The molecule has 76 valence electrons. The van der Waals surface area contributed by atoms with Gasteiger partial charge in [0.25, 0.3) is 0 Å². The van der Waals surface area contributed by atoms with E-state index in [1.54, 1.807) is 6.20 Å². The minimum atomic E-state index is -0.575. The second-order valence-electron chi connectivity index (χ2n) is 3.98. The van der Waals surface area contributed by atoms with Gasteiger partial charge in [-0.05, 0) is 19.9 Å². The first kappa shape index (κ1) is 9.53. The Morgan fingerprint density at radius 3 is 2.87 bits per heavy atom. The van der Waals surface area contributed by atoms with E-state index >= 15 is 0 Å². The molecular formula is C11H12N4. The molecule has 2 aromatic rings. The highest BCUT2D eigenvalue weighted by atomic mass is 14.9. The third kappa shape index (κ3) is 1.64. The van der Waals surface area contributed by atoms with Crippen LogP contribution in [0.2, 0.25) is 0 Å². The summed E-state index contributed by atoms with van der Waals surface area (Å²) in [7, 11) is 0. The van der Waals surface area contributed by atoms with Crippen LogP contribution in [-0.2, 0) is 5.41 Å². The van der Waals surface area contributed by atoms with Crippen LogP contribution in [0.15, 0.2) is 24.7 Å². The second kappa shape index (κ2) is 3.28. The molecule has 2 N–H and O–H groups in total. The summed E-state index contributed by atoms with van der Waals surface area (Å²) >= 11 is 0. The quantitative estimate of drug-likeness (QED) is 0.780. The van der Waals surface area contributed by atoms with Crippen molar-refractivity contribution >= 4 is 0 Å². The lowest BCUT2D eigenvalue weighted by molar-refractivity contribution is 0.640. The number of aromatic nitrogens is 3. The van der Waals surface area contributed by atoms with Gasteiger partial charge in [-0.2, -0.15) is 5.26 Å². The number of H-pyrrole nitrogens is 2. The van der Waals surface area contributed by atoms with Crippen LogP contribution >= 0.6 is 0 Å². The van der Waals surface area contributed by atoms with Crippen molar-refractivity contribution in [2.24, 2.45) is 0 Å². The first-order valence-electron chi connectivity index (χ1n) is 4.73. The Labute approximate surface area is 88.0 Å². The van der Waals surface area contributed by atoms with Crippen molar-refractivity contribution in [1.82, 2.24) is 15.0 Å². The fourth-order valence-electron chi connectivity index (χ4n) is 1.33. The molecule has 0 atom stereocenters. The average Bonchev–Trinajstić information content (AvgIpc) is 2.88. The van der Waals surface area contributed by atoms with Gasteiger partial charge >= 0.3 is 0 Å². The maximum absolute atomic E-state index is 8.97. The fourth-order valence-corrected chi connectivity index (χ4v) is 1.33. The zero-order chi connectivity index (χ0) is 10.9. The summed E-state index contributed by atoms with van der Waals surface area (Å²) in [5.41, 5.74) is 1.39. The minimum absolute atomic E-state index is 0.575. The van der Waals surface area contributed by atoms with E-state index in [-0.39, 0.29) is 0 Å². The zero-order valence-electron chi connectivity index (χ0n) is 8.70. The van der Waals surface area contributed by atoms with Crippen molar-refractivity contribution in [2.45, 2.75) is 19.3 Å². The largest absolute Gasteiger partial charge is 0.367 e. The monoisotopic (exact) mass is 200 g/mol. The molecule has 4 heteroatoms.